The first-order valence-electron chi connectivity index (χ1n) is 7.65. The van der Waals surface area contributed by atoms with Crippen LogP contribution in [-0.4, -0.2) is 31.6 Å². The molecular formula is C16H19N5O2S. The topological polar surface area (TPSA) is 81.3 Å². The lowest BCUT2D eigenvalue weighted by Gasteiger charge is -2.13. The summed E-state index contributed by atoms with van der Waals surface area (Å²) in [5, 5.41) is 7.95. The van der Waals surface area contributed by atoms with E-state index >= 15 is 0 Å². The minimum Gasteiger partial charge on any atom is -0.349 e. The van der Waals surface area contributed by atoms with Crippen LogP contribution in [0.2, 0.25) is 0 Å². The number of nitrogens with one attached hydrogen (secondary N) is 1. The normalized spacial score (nSPS) is 11.8. The molecule has 7 nitrogen and oxygen atoms in total. The van der Waals surface area contributed by atoms with Crippen molar-refractivity contribution < 1.29 is 4.79 Å². The van der Waals surface area contributed by atoms with Crippen molar-refractivity contribution in [1.82, 2.24) is 24.5 Å². The van der Waals surface area contributed by atoms with Crippen molar-refractivity contribution in [3.8, 4) is 0 Å². The molecule has 3 rings (SSSR count). The van der Waals surface area contributed by atoms with Gasteiger partial charge in [0.2, 0.25) is 0 Å². The zero-order valence-electron chi connectivity index (χ0n) is 13.8. The Morgan fingerprint density at radius 3 is 2.79 bits per heavy atom. The molecule has 1 N–H and O–H groups in total. The van der Waals surface area contributed by atoms with Crippen LogP contribution in [-0.2, 0) is 12.0 Å². The molecule has 0 aliphatic carbocycles. The SMILES string of the molecule is CC(C)(C)c1ncc(C(=O)NCCn2nc3ccccn3c2=O)s1. The van der Waals surface area contributed by atoms with Gasteiger partial charge in [-0.3, -0.25) is 9.20 Å². The molecular weight excluding hydrogens is 326 g/mol. The van der Waals surface area contributed by atoms with Crippen molar-refractivity contribution in [1.29, 1.82) is 0 Å². The van der Waals surface area contributed by atoms with Gasteiger partial charge in [-0.25, -0.2) is 14.5 Å². The van der Waals surface area contributed by atoms with E-state index in [1.54, 1.807) is 24.5 Å². The van der Waals surface area contributed by atoms with Crippen LogP contribution in [0.15, 0.2) is 35.4 Å². The Labute approximate surface area is 143 Å². The summed E-state index contributed by atoms with van der Waals surface area (Å²) in [5.74, 6) is -0.181. The predicted octanol–water partition coefficient (Wildman–Crippen LogP) is 1.68. The summed E-state index contributed by atoms with van der Waals surface area (Å²) in [4.78, 5) is 29.2. The van der Waals surface area contributed by atoms with Gasteiger partial charge in [-0.05, 0) is 12.1 Å². The number of nitrogens with zero attached hydrogens (tertiary/aromatic N) is 4. The van der Waals surface area contributed by atoms with Crippen LogP contribution in [0.3, 0.4) is 0 Å². The number of aromatic nitrogens is 4. The zero-order valence-corrected chi connectivity index (χ0v) is 14.6. The van der Waals surface area contributed by atoms with Gasteiger partial charge in [-0.1, -0.05) is 26.8 Å². The van der Waals surface area contributed by atoms with Crippen molar-refractivity contribution in [3.05, 3.63) is 51.0 Å². The van der Waals surface area contributed by atoms with Crippen LogP contribution in [0.5, 0.6) is 0 Å². The molecule has 0 aliphatic heterocycles. The van der Waals surface area contributed by atoms with Crippen molar-refractivity contribution >= 4 is 22.9 Å². The predicted molar refractivity (Wildman–Crippen MR) is 92.6 cm³/mol. The average Bonchev–Trinajstić information content (AvgIpc) is 3.14. The molecule has 0 saturated carbocycles. The molecule has 1 amide bonds. The van der Waals surface area contributed by atoms with Crippen LogP contribution < -0.4 is 11.0 Å². The van der Waals surface area contributed by atoms with E-state index in [4.69, 9.17) is 0 Å². The maximum atomic E-state index is 12.2. The molecule has 0 aromatic carbocycles. The summed E-state index contributed by atoms with van der Waals surface area (Å²) in [6, 6.07) is 5.37. The van der Waals surface area contributed by atoms with E-state index in [1.165, 1.54) is 20.4 Å². The van der Waals surface area contributed by atoms with E-state index in [-0.39, 0.29) is 17.0 Å². The van der Waals surface area contributed by atoms with E-state index in [0.29, 0.717) is 23.6 Å². The largest absolute Gasteiger partial charge is 0.350 e. The van der Waals surface area contributed by atoms with E-state index in [1.807, 2.05) is 6.07 Å². The van der Waals surface area contributed by atoms with Gasteiger partial charge in [0.25, 0.3) is 5.91 Å². The summed E-state index contributed by atoms with van der Waals surface area (Å²) in [5.41, 5.74) is 0.298. The van der Waals surface area contributed by atoms with E-state index < -0.39 is 0 Å². The van der Waals surface area contributed by atoms with Gasteiger partial charge in [-0.15, -0.1) is 16.4 Å². The van der Waals surface area contributed by atoms with Gasteiger partial charge in [0, 0.05) is 18.2 Å². The third kappa shape index (κ3) is 3.23. The molecule has 0 radical (unpaired) electrons. The highest BCUT2D eigenvalue weighted by molar-refractivity contribution is 7.13. The highest BCUT2D eigenvalue weighted by Gasteiger charge is 2.20. The first-order valence-corrected chi connectivity index (χ1v) is 8.46. The van der Waals surface area contributed by atoms with Gasteiger partial charge in [0.1, 0.15) is 4.88 Å². The minimum absolute atomic E-state index is 0.0763. The van der Waals surface area contributed by atoms with Gasteiger partial charge >= 0.3 is 5.69 Å². The second-order valence-corrected chi connectivity index (χ2v) is 7.50. The molecule has 0 atom stereocenters. The number of fused-ring (bicyclic) bond motifs is 1. The van der Waals surface area contributed by atoms with Crippen molar-refractivity contribution in [2.24, 2.45) is 0 Å². The Hall–Kier alpha value is -2.48. The summed E-state index contributed by atoms with van der Waals surface area (Å²) in [7, 11) is 0. The maximum Gasteiger partial charge on any atom is 0.350 e. The molecule has 8 heteroatoms. The molecule has 126 valence electrons. The summed E-state index contributed by atoms with van der Waals surface area (Å²) >= 11 is 1.39. The van der Waals surface area contributed by atoms with Gasteiger partial charge in [0.05, 0.1) is 17.7 Å². The molecule has 3 aromatic rings. The van der Waals surface area contributed by atoms with Crippen LogP contribution in [0.1, 0.15) is 35.5 Å². The molecule has 0 fully saturated rings. The smallest absolute Gasteiger partial charge is 0.349 e. The highest BCUT2D eigenvalue weighted by atomic mass is 32.1. The molecule has 0 aliphatic rings. The fourth-order valence-electron chi connectivity index (χ4n) is 2.20. The van der Waals surface area contributed by atoms with Gasteiger partial charge < -0.3 is 5.32 Å². The number of hydrogen-bond acceptors (Lipinski definition) is 5. The Bertz CT molecular complexity index is 932. The summed E-state index contributed by atoms with van der Waals surface area (Å²) in [6.07, 6.45) is 3.27. The Balaban J connectivity index is 1.63. The molecule has 0 bridgehead atoms. The lowest BCUT2D eigenvalue weighted by atomic mass is 9.98. The Morgan fingerprint density at radius 1 is 1.33 bits per heavy atom. The summed E-state index contributed by atoms with van der Waals surface area (Å²) < 4.78 is 2.82. The van der Waals surface area contributed by atoms with E-state index in [0.717, 1.165) is 5.01 Å². The lowest BCUT2D eigenvalue weighted by Crippen LogP contribution is -2.30. The maximum absolute atomic E-state index is 12.2. The lowest BCUT2D eigenvalue weighted by molar-refractivity contribution is 0.0955. The van der Waals surface area contributed by atoms with Crippen LogP contribution in [0.4, 0.5) is 0 Å². The number of hydrogen-bond donors (Lipinski definition) is 1. The monoisotopic (exact) mass is 345 g/mol. The standard InChI is InChI=1S/C16H19N5O2S/c1-16(2,3)14-18-10-11(24-14)13(22)17-7-9-21-15(23)20-8-5-4-6-12(20)19-21/h4-6,8,10H,7,9H2,1-3H3,(H,17,22). The molecule has 24 heavy (non-hydrogen) atoms. The van der Waals surface area contributed by atoms with Crippen molar-refractivity contribution in [2.75, 3.05) is 6.54 Å². The second kappa shape index (κ2) is 6.20. The Kier molecular flexibility index (Phi) is 4.23. The van der Waals surface area contributed by atoms with E-state index in [9.17, 15) is 9.59 Å². The molecule has 3 aromatic heterocycles. The molecule has 3 heterocycles. The van der Waals surface area contributed by atoms with Crippen LogP contribution >= 0.6 is 11.3 Å². The fourth-order valence-corrected chi connectivity index (χ4v) is 3.09. The number of carbonyl (C=O) groups is 1. The van der Waals surface area contributed by atoms with Crippen molar-refractivity contribution in [3.63, 3.8) is 0 Å². The first-order chi connectivity index (χ1) is 11.4. The molecule has 0 saturated heterocycles. The van der Waals surface area contributed by atoms with E-state index in [2.05, 4.69) is 36.2 Å². The number of carbonyl (C=O) groups excluding carboxylic acids is 1. The van der Waals surface area contributed by atoms with Crippen molar-refractivity contribution in [2.45, 2.75) is 32.7 Å². The quantitative estimate of drug-likeness (QED) is 0.780. The zero-order chi connectivity index (χ0) is 17.3. The number of amides is 1. The minimum atomic E-state index is -0.215. The summed E-state index contributed by atoms with van der Waals surface area (Å²) in [6.45, 7) is 6.82. The fraction of sp³-hybridized carbons (Fsp3) is 0.375. The number of rotatable bonds is 4. The first kappa shape index (κ1) is 16.4. The van der Waals surface area contributed by atoms with Crippen LogP contribution in [0.25, 0.3) is 5.65 Å². The third-order valence-corrected chi connectivity index (χ3v) is 4.89. The van der Waals surface area contributed by atoms with Gasteiger partial charge in [0.15, 0.2) is 5.65 Å². The average molecular weight is 345 g/mol. The third-order valence-electron chi connectivity index (χ3n) is 3.47. The number of pyridine rings is 1. The molecule has 0 unspecified atom stereocenters. The van der Waals surface area contributed by atoms with Crippen LogP contribution in [0, 0.1) is 0 Å². The van der Waals surface area contributed by atoms with Gasteiger partial charge in [-0.2, -0.15) is 0 Å². The Morgan fingerprint density at radius 2 is 2.12 bits per heavy atom. The number of thiazole rings is 1. The second-order valence-electron chi connectivity index (χ2n) is 6.47. The highest BCUT2D eigenvalue weighted by Crippen LogP contribution is 2.26. The molecule has 0 spiro atoms.